The number of piperidine rings is 2. The summed E-state index contributed by atoms with van der Waals surface area (Å²) >= 11 is 14.9. The quantitative estimate of drug-likeness (QED) is 0.327. The summed E-state index contributed by atoms with van der Waals surface area (Å²) in [5, 5.41) is 18.0. The number of hydrogen-bond acceptors (Lipinski definition) is 6. The van der Waals surface area contributed by atoms with E-state index in [1.54, 1.807) is 36.4 Å². The van der Waals surface area contributed by atoms with Gasteiger partial charge in [-0.05, 0) is 76.2 Å². The van der Waals surface area contributed by atoms with Gasteiger partial charge in [0.1, 0.15) is 23.4 Å². The van der Waals surface area contributed by atoms with Gasteiger partial charge >= 0.3 is 0 Å². The van der Waals surface area contributed by atoms with E-state index in [0.29, 0.717) is 32.6 Å². The van der Waals surface area contributed by atoms with E-state index >= 15 is 0 Å². The Labute approximate surface area is 273 Å². The number of rotatable bonds is 5. The number of β-amino-alcohol motifs (C(OH)–C–C–N with tert-alkyl or cyclic N) is 1. The zero-order valence-corrected chi connectivity index (χ0v) is 27.4. The number of halogens is 3. The van der Waals surface area contributed by atoms with Gasteiger partial charge in [-0.3, -0.25) is 9.59 Å². The fraction of sp³-hybridized carbons (Fsp3) is 0.333. The van der Waals surface area contributed by atoms with Crippen LogP contribution in [0.25, 0.3) is 0 Å². The maximum absolute atomic E-state index is 14.4. The number of aliphatic hydroxyl groups excluding tert-OH is 1. The second kappa shape index (κ2) is 11.5. The summed E-state index contributed by atoms with van der Waals surface area (Å²) in [5.74, 6) is -0.765. The van der Waals surface area contributed by atoms with Crippen LogP contribution in [-0.4, -0.2) is 61.2 Å². The van der Waals surface area contributed by atoms with Crippen molar-refractivity contribution in [3.05, 3.63) is 91.0 Å². The number of anilines is 1. The molecule has 43 heavy (non-hydrogen) atoms. The normalized spacial score (nSPS) is 27.5. The highest BCUT2D eigenvalue weighted by atomic mass is 127. The van der Waals surface area contributed by atoms with Crippen LogP contribution >= 0.6 is 45.8 Å². The van der Waals surface area contributed by atoms with Gasteiger partial charge in [-0.15, -0.1) is 0 Å². The Balaban J connectivity index is 1.50. The number of carbonyl (C=O) groups excluding carboxylic acids is 2. The minimum absolute atomic E-state index is 0.0368. The number of ether oxygens (including phenoxy) is 1. The molecule has 3 N–H and O–H groups in total. The van der Waals surface area contributed by atoms with Crippen molar-refractivity contribution >= 4 is 73.3 Å². The Morgan fingerprint density at radius 2 is 1.84 bits per heavy atom. The SMILES string of the molecule is CS(=O)(=O)N1CC[C@@H](Oc2ccc(I)cc2[C@H]2NC(=O)C[C@@H](c3cccc(Cl)c3)[C@]23C(=O)Nc2cc(Cl)ccc23)[C@H](O)C1. The first-order valence-electron chi connectivity index (χ1n) is 13.6. The second-order valence-corrected chi connectivity index (χ2v) is 15.2. The summed E-state index contributed by atoms with van der Waals surface area (Å²) < 4.78 is 32.6. The lowest BCUT2D eigenvalue weighted by atomic mass is 9.59. The van der Waals surface area contributed by atoms with E-state index in [1.165, 1.54) is 4.31 Å². The number of fused-ring (bicyclic) bond motifs is 2. The Hall–Kier alpha value is -2.42. The van der Waals surface area contributed by atoms with E-state index in [9.17, 15) is 23.1 Å². The van der Waals surface area contributed by atoms with E-state index in [0.717, 1.165) is 15.4 Å². The number of hydrogen-bond donors (Lipinski definition) is 3. The van der Waals surface area contributed by atoms with E-state index in [-0.39, 0.29) is 37.7 Å². The molecule has 1 spiro atoms. The first-order chi connectivity index (χ1) is 20.4. The highest BCUT2D eigenvalue weighted by molar-refractivity contribution is 14.1. The molecule has 2 amide bonds. The van der Waals surface area contributed by atoms with Gasteiger partial charge < -0.3 is 20.5 Å². The Kier molecular flexibility index (Phi) is 8.18. The monoisotopic (exact) mass is 755 g/mol. The number of aliphatic hydroxyl groups is 1. The van der Waals surface area contributed by atoms with Crippen molar-refractivity contribution < 1.29 is 27.9 Å². The third-order valence-electron chi connectivity index (χ3n) is 8.52. The number of amides is 2. The van der Waals surface area contributed by atoms with E-state index in [2.05, 4.69) is 33.2 Å². The maximum Gasteiger partial charge on any atom is 0.238 e. The van der Waals surface area contributed by atoms with Crippen LogP contribution in [0.3, 0.4) is 0 Å². The molecule has 2 fully saturated rings. The molecule has 3 aromatic rings. The largest absolute Gasteiger partial charge is 0.487 e. The highest BCUT2D eigenvalue weighted by Crippen LogP contribution is 2.58. The molecule has 5 atom stereocenters. The number of nitrogens with one attached hydrogen (secondary N) is 2. The first-order valence-corrected chi connectivity index (χ1v) is 17.3. The molecule has 3 aliphatic rings. The van der Waals surface area contributed by atoms with Crippen molar-refractivity contribution in [2.75, 3.05) is 24.7 Å². The van der Waals surface area contributed by atoms with Crippen LogP contribution in [0.2, 0.25) is 10.0 Å². The van der Waals surface area contributed by atoms with Crippen LogP contribution < -0.4 is 15.4 Å². The predicted molar refractivity (Wildman–Crippen MR) is 172 cm³/mol. The lowest BCUT2D eigenvalue weighted by Crippen LogP contribution is -2.57. The summed E-state index contributed by atoms with van der Waals surface area (Å²) in [7, 11) is -3.47. The molecule has 13 heteroatoms. The molecule has 0 unspecified atom stereocenters. The average Bonchev–Trinajstić information content (AvgIpc) is 3.22. The van der Waals surface area contributed by atoms with Crippen LogP contribution in [0, 0.1) is 3.57 Å². The third kappa shape index (κ3) is 5.53. The van der Waals surface area contributed by atoms with Gasteiger partial charge in [0.15, 0.2) is 0 Å². The zero-order valence-electron chi connectivity index (χ0n) is 22.9. The maximum atomic E-state index is 14.4. The molecule has 6 rings (SSSR count). The molecule has 9 nitrogen and oxygen atoms in total. The van der Waals surface area contributed by atoms with Crippen molar-refractivity contribution in [1.29, 1.82) is 0 Å². The van der Waals surface area contributed by atoms with Crippen LogP contribution in [-0.2, 0) is 25.0 Å². The van der Waals surface area contributed by atoms with E-state index < -0.39 is 39.6 Å². The summed E-state index contributed by atoms with van der Waals surface area (Å²) in [5.41, 5.74) is 1.23. The molecule has 226 valence electrons. The van der Waals surface area contributed by atoms with Gasteiger partial charge in [0, 0.05) is 56.7 Å². The van der Waals surface area contributed by atoms with E-state index in [4.69, 9.17) is 27.9 Å². The Morgan fingerprint density at radius 1 is 1.07 bits per heavy atom. The van der Waals surface area contributed by atoms with Crippen molar-refractivity contribution in [3.63, 3.8) is 0 Å². The van der Waals surface area contributed by atoms with Crippen molar-refractivity contribution in [3.8, 4) is 5.75 Å². The molecule has 3 aromatic carbocycles. The zero-order chi connectivity index (χ0) is 30.7. The molecule has 0 aromatic heterocycles. The lowest BCUT2D eigenvalue weighted by molar-refractivity contribution is -0.131. The van der Waals surface area contributed by atoms with Gasteiger partial charge in [0.05, 0.1) is 12.3 Å². The topological polar surface area (TPSA) is 125 Å². The van der Waals surface area contributed by atoms with Gasteiger partial charge in [-0.25, -0.2) is 8.42 Å². The minimum Gasteiger partial charge on any atom is -0.487 e. The molecule has 2 saturated heterocycles. The van der Waals surface area contributed by atoms with Crippen LogP contribution in [0.5, 0.6) is 5.75 Å². The number of benzene rings is 3. The summed E-state index contributed by atoms with van der Waals surface area (Å²) in [6.07, 6.45) is -0.386. The van der Waals surface area contributed by atoms with Crippen molar-refractivity contribution in [1.82, 2.24) is 9.62 Å². The molecule has 0 bridgehead atoms. The number of nitrogens with zero attached hydrogens (tertiary/aromatic N) is 1. The third-order valence-corrected chi connectivity index (χ3v) is 10.9. The fourth-order valence-corrected chi connectivity index (χ4v) is 8.35. The average molecular weight is 756 g/mol. The number of carbonyl (C=O) groups is 2. The Bertz CT molecular complexity index is 1740. The molecule has 0 aliphatic carbocycles. The second-order valence-electron chi connectivity index (χ2n) is 11.1. The fourth-order valence-electron chi connectivity index (χ4n) is 6.60. The van der Waals surface area contributed by atoms with Crippen LogP contribution in [0.1, 0.15) is 41.5 Å². The van der Waals surface area contributed by atoms with Gasteiger partial charge in [0.2, 0.25) is 21.8 Å². The molecule has 0 saturated carbocycles. The highest BCUT2D eigenvalue weighted by Gasteiger charge is 2.61. The molecule has 3 heterocycles. The van der Waals surface area contributed by atoms with Gasteiger partial charge in [-0.1, -0.05) is 41.4 Å². The number of sulfonamides is 1. The summed E-state index contributed by atoms with van der Waals surface area (Å²) in [6.45, 7) is 0.0957. The molecule has 0 radical (unpaired) electrons. The first kappa shape index (κ1) is 30.6. The molecular weight excluding hydrogens is 728 g/mol. The van der Waals surface area contributed by atoms with E-state index in [1.807, 2.05) is 24.3 Å². The smallest absolute Gasteiger partial charge is 0.238 e. The lowest BCUT2D eigenvalue weighted by Gasteiger charge is -2.47. The standard InChI is InChI=1S/C30H28Cl2IN3O6S/c1-43(40,41)36-10-9-26(24(37)15-36)42-25-8-6-19(33)13-20(25)28-30(21-7-5-18(32)12-23(21)34-29(30)39)22(14-27(38)35-28)16-3-2-4-17(31)11-16/h2-8,11-13,22,24,26,28,37H,9-10,14-15H2,1H3,(H,34,39)(H,35,38)/t22-,24+,26+,28+,30-/m0/s1. The summed E-state index contributed by atoms with van der Waals surface area (Å²) in [4.78, 5) is 27.8. The van der Waals surface area contributed by atoms with Crippen molar-refractivity contribution in [2.24, 2.45) is 0 Å². The molecule has 3 aliphatic heterocycles. The van der Waals surface area contributed by atoms with Gasteiger partial charge in [0.25, 0.3) is 0 Å². The summed E-state index contributed by atoms with van der Waals surface area (Å²) in [6, 6.07) is 17.0. The van der Waals surface area contributed by atoms with Crippen LogP contribution in [0.15, 0.2) is 60.7 Å². The van der Waals surface area contributed by atoms with Gasteiger partial charge in [-0.2, -0.15) is 4.31 Å². The Morgan fingerprint density at radius 3 is 2.56 bits per heavy atom. The molecular formula is C30H28Cl2IN3O6S. The predicted octanol–water partition coefficient (Wildman–Crippen LogP) is 4.61. The van der Waals surface area contributed by atoms with Crippen molar-refractivity contribution in [2.45, 2.75) is 42.4 Å². The van der Waals surface area contributed by atoms with Crippen LogP contribution in [0.4, 0.5) is 5.69 Å². The minimum atomic E-state index is -3.47.